The molecule has 0 aliphatic carbocycles. The first-order chi connectivity index (χ1) is 7.58. The summed E-state index contributed by atoms with van der Waals surface area (Å²) >= 11 is 0. The molecule has 0 unspecified atom stereocenters. The van der Waals surface area contributed by atoms with Gasteiger partial charge in [-0.15, -0.1) is 0 Å². The van der Waals surface area contributed by atoms with Crippen LogP contribution in [-0.2, 0) is 17.8 Å². The van der Waals surface area contributed by atoms with Crippen LogP contribution in [0.5, 0.6) is 0 Å². The summed E-state index contributed by atoms with van der Waals surface area (Å²) in [6.07, 6.45) is 0.916. The second kappa shape index (κ2) is 4.16. The Bertz CT molecular complexity index is 412. The number of hydrogen-bond acceptors (Lipinski definition) is 2. The number of fused-ring (bicyclic) bond motifs is 1. The highest BCUT2D eigenvalue weighted by molar-refractivity contribution is 5.78. The van der Waals surface area contributed by atoms with Crippen LogP contribution in [0.2, 0.25) is 0 Å². The normalized spacial score (nSPS) is 15.1. The van der Waals surface area contributed by atoms with Gasteiger partial charge in [-0.3, -0.25) is 4.79 Å². The predicted molar refractivity (Wildman–Crippen MR) is 64.8 cm³/mol. The van der Waals surface area contributed by atoms with E-state index in [1.807, 2.05) is 36.9 Å². The molecule has 0 saturated heterocycles. The molecule has 16 heavy (non-hydrogen) atoms. The molecule has 1 aromatic carbocycles. The molecule has 3 nitrogen and oxygen atoms in total. The summed E-state index contributed by atoms with van der Waals surface area (Å²) in [5, 5.41) is 0. The smallest absolute Gasteiger partial charge is 0.225 e. The first-order valence-electron chi connectivity index (χ1n) is 5.74. The number of amides is 1. The van der Waals surface area contributed by atoms with E-state index >= 15 is 0 Å². The molecule has 1 aliphatic rings. The first kappa shape index (κ1) is 11.0. The Kier molecular flexibility index (Phi) is 2.86. The third-order valence-corrected chi connectivity index (χ3v) is 3.05. The fourth-order valence-electron chi connectivity index (χ4n) is 2.13. The van der Waals surface area contributed by atoms with Crippen molar-refractivity contribution in [1.82, 2.24) is 4.90 Å². The van der Waals surface area contributed by atoms with Crippen molar-refractivity contribution in [2.24, 2.45) is 5.92 Å². The lowest BCUT2D eigenvalue weighted by molar-refractivity contribution is -0.135. The maximum atomic E-state index is 11.9. The lowest BCUT2D eigenvalue weighted by atomic mass is 9.98. The standard InChI is InChI=1S/C13H18N2O/c1-9(2)13(16)15-6-5-10-7-12(14)4-3-11(10)8-15/h3-4,7,9H,5-6,8,14H2,1-2H3. The molecule has 86 valence electrons. The van der Waals surface area contributed by atoms with E-state index in [1.54, 1.807) is 0 Å². The summed E-state index contributed by atoms with van der Waals surface area (Å²) in [6, 6.07) is 5.96. The van der Waals surface area contributed by atoms with E-state index < -0.39 is 0 Å². The van der Waals surface area contributed by atoms with Crippen LogP contribution in [0.25, 0.3) is 0 Å². The third-order valence-electron chi connectivity index (χ3n) is 3.05. The van der Waals surface area contributed by atoms with Crippen molar-refractivity contribution >= 4 is 11.6 Å². The number of benzene rings is 1. The van der Waals surface area contributed by atoms with Gasteiger partial charge >= 0.3 is 0 Å². The van der Waals surface area contributed by atoms with Crippen LogP contribution >= 0.6 is 0 Å². The third kappa shape index (κ3) is 2.03. The van der Waals surface area contributed by atoms with Gasteiger partial charge in [-0.1, -0.05) is 19.9 Å². The number of nitrogens with zero attached hydrogens (tertiary/aromatic N) is 1. The van der Waals surface area contributed by atoms with E-state index in [2.05, 4.69) is 0 Å². The Morgan fingerprint density at radius 1 is 1.38 bits per heavy atom. The summed E-state index contributed by atoms with van der Waals surface area (Å²) in [5.74, 6) is 0.317. The molecule has 0 fully saturated rings. The number of hydrogen-bond donors (Lipinski definition) is 1. The fraction of sp³-hybridized carbons (Fsp3) is 0.462. The van der Waals surface area contributed by atoms with Crippen LogP contribution in [0.3, 0.4) is 0 Å². The summed E-state index contributed by atoms with van der Waals surface area (Å²) in [6.45, 7) is 5.43. The van der Waals surface area contributed by atoms with Crippen LogP contribution in [0.15, 0.2) is 18.2 Å². The van der Waals surface area contributed by atoms with Crippen molar-refractivity contribution in [3.05, 3.63) is 29.3 Å². The minimum absolute atomic E-state index is 0.0790. The Morgan fingerprint density at radius 2 is 2.12 bits per heavy atom. The van der Waals surface area contributed by atoms with Gasteiger partial charge in [0, 0.05) is 24.7 Å². The van der Waals surface area contributed by atoms with Crippen molar-refractivity contribution in [2.75, 3.05) is 12.3 Å². The van der Waals surface area contributed by atoms with Crippen LogP contribution in [-0.4, -0.2) is 17.4 Å². The Hall–Kier alpha value is -1.51. The number of anilines is 1. The van der Waals surface area contributed by atoms with Crippen LogP contribution < -0.4 is 5.73 Å². The number of nitrogen functional groups attached to an aromatic ring is 1. The molecule has 1 aromatic rings. The number of nitrogens with two attached hydrogens (primary N) is 1. The lowest BCUT2D eigenvalue weighted by Gasteiger charge is -2.30. The molecule has 0 spiro atoms. The highest BCUT2D eigenvalue weighted by Crippen LogP contribution is 2.22. The zero-order valence-electron chi connectivity index (χ0n) is 9.86. The monoisotopic (exact) mass is 218 g/mol. The average molecular weight is 218 g/mol. The lowest BCUT2D eigenvalue weighted by Crippen LogP contribution is -2.38. The molecule has 0 aromatic heterocycles. The highest BCUT2D eigenvalue weighted by Gasteiger charge is 2.22. The average Bonchev–Trinajstić information content (AvgIpc) is 2.27. The molecule has 0 saturated carbocycles. The summed E-state index contributed by atoms with van der Waals surface area (Å²) in [4.78, 5) is 13.8. The largest absolute Gasteiger partial charge is 0.399 e. The van der Waals surface area contributed by atoms with Crippen LogP contribution in [0.4, 0.5) is 5.69 Å². The number of carbonyl (C=O) groups is 1. The Labute approximate surface area is 96.2 Å². The topological polar surface area (TPSA) is 46.3 Å². The van der Waals surface area contributed by atoms with Gasteiger partial charge < -0.3 is 10.6 Å². The summed E-state index contributed by atoms with van der Waals surface area (Å²) in [5.41, 5.74) is 9.07. The van der Waals surface area contributed by atoms with E-state index in [0.717, 1.165) is 25.2 Å². The number of carbonyl (C=O) groups excluding carboxylic acids is 1. The molecule has 1 amide bonds. The van der Waals surface area contributed by atoms with Crippen LogP contribution in [0, 0.1) is 5.92 Å². The Morgan fingerprint density at radius 3 is 2.81 bits per heavy atom. The fourth-order valence-corrected chi connectivity index (χ4v) is 2.13. The van der Waals surface area contributed by atoms with Gasteiger partial charge in [-0.25, -0.2) is 0 Å². The molecular formula is C13H18N2O. The summed E-state index contributed by atoms with van der Waals surface area (Å²) < 4.78 is 0. The Balaban J connectivity index is 2.18. The molecule has 2 N–H and O–H groups in total. The zero-order chi connectivity index (χ0) is 11.7. The van der Waals surface area contributed by atoms with Gasteiger partial charge in [0.05, 0.1) is 0 Å². The molecule has 1 heterocycles. The van der Waals surface area contributed by atoms with Crippen molar-refractivity contribution < 1.29 is 4.79 Å². The molecule has 3 heteroatoms. The predicted octanol–water partition coefficient (Wildman–Crippen LogP) is 1.81. The van der Waals surface area contributed by atoms with Crippen molar-refractivity contribution in [3.8, 4) is 0 Å². The van der Waals surface area contributed by atoms with Crippen LogP contribution in [0.1, 0.15) is 25.0 Å². The molecule has 1 aliphatic heterocycles. The quantitative estimate of drug-likeness (QED) is 0.731. The number of rotatable bonds is 1. The zero-order valence-corrected chi connectivity index (χ0v) is 9.86. The van der Waals surface area contributed by atoms with E-state index in [9.17, 15) is 4.79 Å². The molecule has 2 rings (SSSR count). The molecular weight excluding hydrogens is 200 g/mol. The molecule has 0 bridgehead atoms. The van der Waals surface area contributed by atoms with Crippen molar-refractivity contribution in [3.63, 3.8) is 0 Å². The maximum Gasteiger partial charge on any atom is 0.225 e. The van der Waals surface area contributed by atoms with Crippen molar-refractivity contribution in [2.45, 2.75) is 26.8 Å². The SMILES string of the molecule is CC(C)C(=O)N1CCc2cc(N)ccc2C1. The van der Waals surface area contributed by atoms with Crippen molar-refractivity contribution in [1.29, 1.82) is 0 Å². The summed E-state index contributed by atoms with van der Waals surface area (Å²) in [7, 11) is 0. The van der Waals surface area contributed by atoms with Gasteiger partial charge in [0.15, 0.2) is 0 Å². The maximum absolute atomic E-state index is 11.9. The van der Waals surface area contributed by atoms with Gasteiger partial charge in [-0.2, -0.15) is 0 Å². The second-order valence-corrected chi connectivity index (χ2v) is 4.69. The van der Waals surface area contributed by atoms with E-state index in [1.165, 1.54) is 11.1 Å². The van der Waals surface area contributed by atoms with Gasteiger partial charge in [0.1, 0.15) is 0 Å². The van der Waals surface area contributed by atoms with E-state index in [-0.39, 0.29) is 11.8 Å². The first-order valence-corrected chi connectivity index (χ1v) is 5.74. The second-order valence-electron chi connectivity index (χ2n) is 4.69. The van der Waals surface area contributed by atoms with Gasteiger partial charge in [0.25, 0.3) is 0 Å². The minimum atomic E-state index is 0.0790. The van der Waals surface area contributed by atoms with E-state index in [4.69, 9.17) is 5.73 Å². The highest BCUT2D eigenvalue weighted by atomic mass is 16.2. The van der Waals surface area contributed by atoms with Gasteiger partial charge in [-0.05, 0) is 29.7 Å². The molecule has 0 radical (unpaired) electrons. The molecule has 0 atom stereocenters. The van der Waals surface area contributed by atoms with E-state index in [0.29, 0.717) is 0 Å². The van der Waals surface area contributed by atoms with Gasteiger partial charge in [0.2, 0.25) is 5.91 Å². The minimum Gasteiger partial charge on any atom is -0.399 e.